The highest BCUT2D eigenvalue weighted by molar-refractivity contribution is 5.90. The first-order valence-corrected chi connectivity index (χ1v) is 7.82. The Hall–Kier alpha value is -2.96. The molecule has 0 unspecified atom stereocenters. The van der Waals surface area contributed by atoms with Crippen molar-refractivity contribution in [1.29, 1.82) is 0 Å². The number of carbonyl (C=O) groups is 1. The van der Waals surface area contributed by atoms with Gasteiger partial charge >= 0.3 is 5.97 Å². The lowest BCUT2D eigenvalue weighted by Gasteiger charge is -2.11. The summed E-state index contributed by atoms with van der Waals surface area (Å²) >= 11 is 0. The smallest absolute Gasteiger partial charge is 0.341 e. The molecule has 0 radical (unpaired) electrons. The molecule has 0 amide bonds. The van der Waals surface area contributed by atoms with Gasteiger partial charge in [0.1, 0.15) is 22.8 Å². The number of benzene rings is 1. The first kappa shape index (κ1) is 18.4. The third-order valence-electron chi connectivity index (χ3n) is 3.62. The molecule has 0 aliphatic heterocycles. The van der Waals surface area contributed by atoms with Crippen molar-refractivity contribution in [1.82, 2.24) is 10.6 Å². The Balaban J connectivity index is 1.91. The predicted molar refractivity (Wildman–Crippen MR) is 94.8 cm³/mol. The molecule has 0 bridgehead atoms. The predicted octanol–water partition coefficient (Wildman–Crippen LogP) is 2.25. The third-order valence-corrected chi connectivity index (χ3v) is 3.62. The number of esters is 1. The van der Waals surface area contributed by atoms with Crippen LogP contribution < -0.4 is 15.4 Å². The molecule has 25 heavy (non-hydrogen) atoms. The summed E-state index contributed by atoms with van der Waals surface area (Å²) in [5.74, 6) is 2.18. The van der Waals surface area contributed by atoms with Gasteiger partial charge in [-0.25, -0.2) is 4.79 Å². The second-order valence-corrected chi connectivity index (χ2v) is 5.31. The summed E-state index contributed by atoms with van der Waals surface area (Å²) in [4.78, 5) is 15.8. The molecule has 1 heterocycles. The van der Waals surface area contributed by atoms with Gasteiger partial charge in [0.2, 0.25) is 0 Å². The van der Waals surface area contributed by atoms with E-state index in [1.807, 2.05) is 24.3 Å². The summed E-state index contributed by atoms with van der Waals surface area (Å²) < 4.78 is 15.5. The Kier molecular flexibility index (Phi) is 6.45. The number of ether oxygens (including phenoxy) is 2. The normalized spacial score (nSPS) is 11.1. The van der Waals surface area contributed by atoms with Crippen molar-refractivity contribution in [2.24, 2.45) is 4.99 Å². The molecule has 7 heteroatoms. The highest BCUT2D eigenvalue weighted by atomic mass is 16.5. The van der Waals surface area contributed by atoms with Gasteiger partial charge in [-0.3, -0.25) is 4.99 Å². The van der Waals surface area contributed by atoms with Crippen LogP contribution in [0.1, 0.15) is 27.4 Å². The highest BCUT2D eigenvalue weighted by Gasteiger charge is 2.15. The number of methoxy groups -OCH3 is 2. The molecule has 0 aliphatic rings. The molecule has 2 N–H and O–H groups in total. The molecule has 1 aromatic heterocycles. The molecule has 0 fully saturated rings. The molecule has 0 atom stereocenters. The van der Waals surface area contributed by atoms with Crippen LogP contribution in [-0.4, -0.2) is 33.2 Å². The van der Waals surface area contributed by atoms with Gasteiger partial charge in [-0.1, -0.05) is 12.1 Å². The lowest BCUT2D eigenvalue weighted by molar-refractivity contribution is 0.0599. The van der Waals surface area contributed by atoms with E-state index < -0.39 is 5.97 Å². The number of carbonyl (C=O) groups excluding carboxylic acids is 1. The average molecular weight is 345 g/mol. The van der Waals surface area contributed by atoms with Crippen molar-refractivity contribution in [2.75, 3.05) is 21.3 Å². The number of hydrogen-bond acceptors (Lipinski definition) is 5. The quantitative estimate of drug-likeness (QED) is 0.474. The number of furan rings is 1. The number of aliphatic imine (C=N–C) groups is 1. The van der Waals surface area contributed by atoms with Crippen LogP contribution in [-0.2, 0) is 17.8 Å². The highest BCUT2D eigenvalue weighted by Crippen LogP contribution is 2.15. The van der Waals surface area contributed by atoms with Crippen LogP contribution in [0.3, 0.4) is 0 Å². The molecular weight excluding hydrogens is 322 g/mol. The monoisotopic (exact) mass is 345 g/mol. The van der Waals surface area contributed by atoms with Gasteiger partial charge in [-0.15, -0.1) is 0 Å². The minimum atomic E-state index is -0.409. The number of hydrogen-bond donors (Lipinski definition) is 2. The van der Waals surface area contributed by atoms with Gasteiger partial charge in [0, 0.05) is 13.6 Å². The Morgan fingerprint density at radius 1 is 1.20 bits per heavy atom. The maximum atomic E-state index is 11.6. The van der Waals surface area contributed by atoms with Crippen molar-refractivity contribution in [3.05, 3.63) is 53.0 Å². The molecular formula is C18H23N3O4. The maximum absolute atomic E-state index is 11.6. The topological polar surface area (TPSA) is 85.1 Å². The second kappa shape index (κ2) is 8.77. The Morgan fingerprint density at radius 3 is 2.64 bits per heavy atom. The number of nitrogens with zero attached hydrogens (tertiary/aromatic N) is 1. The van der Waals surface area contributed by atoms with Gasteiger partial charge in [0.25, 0.3) is 0 Å². The van der Waals surface area contributed by atoms with Crippen molar-refractivity contribution in [3.8, 4) is 5.75 Å². The van der Waals surface area contributed by atoms with Crippen LogP contribution in [0, 0.1) is 6.92 Å². The van der Waals surface area contributed by atoms with E-state index in [0.29, 0.717) is 36.1 Å². The Morgan fingerprint density at radius 2 is 1.96 bits per heavy atom. The first-order chi connectivity index (χ1) is 12.1. The molecule has 1 aromatic carbocycles. The van der Waals surface area contributed by atoms with Gasteiger partial charge in [0.15, 0.2) is 5.96 Å². The lowest BCUT2D eigenvalue weighted by atomic mass is 10.2. The Bertz CT molecular complexity index is 753. The van der Waals surface area contributed by atoms with Gasteiger partial charge in [-0.2, -0.15) is 0 Å². The minimum Gasteiger partial charge on any atom is -0.497 e. The summed E-state index contributed by atoms with van der Waals surface area (Å²) in [6.45, 7) is 2.72. The number of rotatable bonds is 6. The zero-order valence-electron chi connectivity index (χ0n) is 14.9. The third kappa shape index (κ3) is 5.00. The fourth-order valence-corrected chi connectivity index (χ4v) is 2.30. The molecule has 2 rings (SSSR count). The van der Waals surface area contributed by atoms with E-state index >= 15 is 0 Å². The summed E-state index contributed by atoms with van der Waals surface area (Å²) in [5, 5.41) is 6.36. The van der Waals surface area contributed by atoms with E-state index in [1.165, 1.54) is 7.11 Å². The zero-order chi connectivity index (χ0) is 18.2. The molecule has 0 saturated carbocycles. The van der Waals surface area contributed by atoms with E-state index in [4.69, 9.17) is 13.9 Å². The van der Waals surface area contributed by atoms with E-state index in [2.05, 4.69) is 15.6 Å². The van der Waals surface area contributed by atoms with E-state index in [-0.39, 0.29) is 0 Å². The first-order valence-electron chi connectivity index (χ1n) is 7.82. The van der Waals surface area contributed by atoms with Crippen LogP contribution in [0.15, 0.2) is 39.7 Å². The molecule has 0 aliphatic carbocycles. The molecule has 0 saturated heterocycles. The van der Waals surface area contributed by atoms with Gasteiger partial charge in [0.05, 0.1) is 20.8 Å². The number of guanidine groups is 1. The number of nitrogens with one attached hydrogen (secondary N) is 2. The van der Waals surface area contributed by atoms with Crippen LogP contribution in [0.25, 0.3) is 0 Å². The standard InChI is InChI=1S/C18H23N3O4/c1-12-16(17(22)24-4)9-15(25-12)11-21-18(19-2)20-10-13-6-5-7-14(8-13)23-3/h5-9H,10-11H2,1-4H3,(H2,19,20,21). The van der Waals surface area contributed by atoms with Crippen LogP contribution >= 0.6 is 0 Å². The van der Waals surface area contributed by atoms with Crippen molar-refractivity contribution < 1.29 is 18.7 Å². The molecule has 7 nitrogen and oxygen atoms in total. The maximum Gasteiger partial charge on any atom is 0.341 e. The lowest BCUT2D eigenvalue weighted by Crippen LogP contribution is -2.36. The summed E-state index contributed by atoms with van der Waals surface area (Å²) in [6, 6.07) is 9.46. The summed E-state index contributed by atoms with van der Waals surface area (Å²) in [6.07, 6.45) is 0. The fourth-order valence-electron chi connectivity index (χ4n) is 2.30. The van der Waals surface area contributed by atoms with Crippen molar-refractivity contribution >= 4 is 11.9 Å². The SMILES string of the molecule is CN=C(NCc1cccc(OC)c1)NCc1cc(C(=O)OC)c(C)o1. The van der Waals surface area contributed by atoms with Crippen LogP contribution in [0.2, 0.25) is 0 Å². The van der Waals surface area contributed by atoms with E-state index in [1.54, 1.807) is 27.1 Å². The average Bonchev–Trinajstić information content (AvgIpc) is 3.02. The number of aryl methyl sites for hydroxylation is 1. The zero-order valence-corrected chi connectivity index (χ0v) is 14.9. The molecule has 2 aromatic rings. The fraction of sp³-hybridized carbons (Fsp3) is 0.333. The van der Waals surface area contributed by atoms with Crippen molar-refractivity contribution in [2.45, 2.75) is 20.0 Å². The van der Waals surface area contributed by atoms with Crippen molar-refractivity contribution in [3.63, 3.8) is 0 Å². The summed E-state index contributed by atoms with van der Waals surface area (Å²) in [5.41, 5.74) is 1.50. The van der Waals surface area contributed by atoms with Crippen LogP contribution in [0.4, 0.5) is 0 Å². The van der Waals surface area contributed by atoms with E-state index in [0.717, 1.165) is 11.3 Å². The minimum absolute atomic E-state index is 0.398. The molecule has 134 valence electrons. The van der Waals surface area contributed by atoms with Gasteiger partial charge in [-0.05, 0) is 30.7 Å². The largest absolute Gasteiger partial charge is 0.497 e. The van der Waals surface area contributed by atoms with Crippen LogP contribution in [0.5, 0.6) is 5.75 Å². The summed E-state index contributed by atoms with van der Waals surface area (Å²) in [7, 11) is 4.67. The van der Waals surface area contributed by atoms with Gasteiger partial charge < -0.3 is 24.5 Å². The second-order valence-electron chi connectivity index (χ2n) is 5.31. The Labute approximate surface area is 147 Å². The molecule has 0 spiro atoms. The van der Waals surface area contributed by atoms with E-state index in [9.17, 15) is 4.79 Å².